The van der Waals surface area contributed by atoms with Crippen LogP contribution < -0.4 is 5.32 Å². The Morgan fingerprint density at radius 1 is 1.38 bits per heavy atom. The van der Waals surface area contributed by atoms with Crippen molar-refractivity contribution in [1.82, 2.24) is 5.32 Å². The average Bonchev–Trinajstić information content (AvgIpc) is 2.98. The molecule has 2 rings (SSSR count). The lowest BCUT2D eigenvalue weighted by Crippen LogP contribution is -2.34. The molecular formula is C15H21NO4S. The molecule has 116 valence electrons. The normalized spacial score (nSPS) is 20.8. The van der Waals surface area contributed by atoms with Crippen LogP contribution in [-0.4, -0.2) is 30.8 Å². The van der Waals surface area contributed by atoms with Crippen molar-refractivity contribution >= 4 is 23.4 Å². The van der Waals surface area contributed by atoms with Crippen LogP contribution in [0.3, 0.4) is 0 Å². The zero-order valence-corrected chi connectivity index (χ0v) is 13.8. The van der Waals surface area contributed by atoms with Crippen LogP contribution in [-0.2, 0) is 9.47 Å². The number of carbonyl (C=O) groups is 2. The van der Waals surface area contributed by atoms with Crippen molar-refractivity contribution < 1.29 is 19.1 Å². The van der Waals surface area contributed by atoms with E-state index in [2.05, 4.69) is 5.32 Å². The highest BCUT2D eigenvalue weighted by molar-refractivity contribution is 7.14. The number of methoxy groups -OCH3 is 1. The smallest absolute Gasteiger partial charge is 0.407 e. The Hall–Kier alpha value is -1.56. The number of esters is 1. The number of amides is 1. The number of carbonyl (C=O) groups excluding carboxylic acids is 2. The Morgan fingerprint density at radius 3 is 2.62 bits per heavy atom. The molecule has 0 saturated heterocycles. The SMILES string of the molecule is COC(=O)c1cc([C@H]2C[C@@H]2NC(=O)OC(C)(C)C)c(C)s1. The van der Waals surface area contributed by atoms with Crippen molar-refractivity contribution in [2.75, 3.05) is 7.11 Å². The topological polar surface area (TPSA) is 64.6 Å². The Bertz CT molecular complexity index is 559. The van der Waals surface area contributed by atoms with Gasteiger partial charge < -0.3 is 14.8 Å². The van der Waals surface area contributed by atoms with Gasteiger partial charge in [-0.25, -0.2) is 9.59 Å². The molecule has 5 nitrogen and oxygen atoms in total. The van der Waals surface area contributed by atoms with Crippen molar-refractivity contribution in [2.24, 2.45) is 0 Å². The molecule has 1 N–H and O–H groups in total. The monoisotopic (exact) mass is 311 g/mol. The lowest BCUT2D eigenvalue weighted by Gasteiger charge is -2.19. The van der Waals surface area contributed by atoms with Crippen molar-refractivity contribution in [2.45, 2.75) is 51.7 Å². The molecule has 0 spiro atoms. The number of ether oxygens (including phenoxy) is 2. The Labute approximate surface area is 128 Å². The lowest BCUT2D eigenvalue weighted by atomic mass is 10.1. The number of alkyl carbamates (subject to hydrolysis) is 1. The fourth-order valence-corrected chi connectivity index (χ4v) is 3.23. The molecule has 2 atom stereocenters. The van der Waals surface area contributed by atoms with Crippen LogP contribution in [0.5, 0.6) is 0 Å². The summed E-state index contributed by atoms with van der Waals surface area (Å²) in [6.07, 6.45) is 0.480. The fraction of sp³-hybridized carbons (Fsp3) is 0.600. The minimum Gasteiger partial charge on any atom is -0.465 e. The predicted octanol–water partition coefficient (Wildman–Crippen LogP) is 3.22. The second-order valence-corrected chi connectivity index (χ2v) is 7.47. The molecule has 1 aliphatic rings. The van der Waals surface area contributed by atoms with Gasteiger partial charge in [-0.1, -0.05) is 0 Å². The number of hydrogen-bond donors (Lipinski definition) is 1. The molecular weight excluding hydrogens is 290 g/mol. The summed E-state index contributed by atoms with van der Waals surface area (Å²) in [4.78, 5) is 25.0. The van der Waals surface area contributed by atoms with Crippen LogP contribution in [0.1, 0.15) is 53.2 Å². The van der Waals surface area contributed by atoms with Crippen LogP contribution in [0.2, 0.25) is 0 Å². The van der Waals surface area contributed by atoms with E-state index >= 15 is 0 Å². The van der Waals surface area contributed by atoms with Crippen molar-refractivity contribution in [1.29, 1.82) is 0 Å². The van der Waals surface area contributed by atoms with E-state index in [1.807, 2.05) is 33.8 Å². The minimum atomic E-state index is -0.495. The van der Waals surface area contributed by atoms with Gasteiger partial charge in [0.15, 0.2) is 0 Å². The van der Waals surface area contributed by atoms with Crippen LogP contribution >= 0.6 is 11.3 Å². The van der Waals surface area contributed by atoms with Gasteiger partial charge in [-0.2, -0.15) is 0 Å². The van der Waals surface area contributed by atoms with E-state index in [1.165, 1.54) is 18.4 Å². The van der Waals surface area contributed by atoms with E-state index in [4.69, 9.17) is 9.47 Å². The van der Waals surface area contributed by atoms with E-state index in [9.17, 15) is 9.59 Å². The van der Waals surface area contributed by atoms with Crippen LogP contribution in [0.25, 0.3) is 0 Å². The lowest BCUT2D eigenvalue weighted by molar-refractivity contribution is 0.0521. The molecule has 0 aromatic carbocycles. The Morgan fingerprint density at radius 2 is 2.05 bits per heavy atom. The van der Waals surface area contributed by atoms with E-state index in [-0.39, 0.29) is 17.9 Å². The average molecular weight is 311 g/mol. The first-order chi connectivity index (χ1) is 9.71. The third-order valence-corrected chi connectivity index (χ3v) is 4.28. The summed E-state index contributed by atoms with van der Waals surface area (Å²) in [5.41, 5.74) is 0.617. The summed E-state index contributed by atoms with van der Waals surface area (Å²) in [5, 5.41) is 2.87. The first kappa shape index (κ1) is 15.8. The molecule has 1 fully saturated rings. The van der Waals surface area contributed by atoms with Gasteiger partial charge in [0.1, 0.15) is 10.5 Å². The molecule has 6 heteroatoms. The van der Waals surface area contributed by atoms with Crippen molar-refractivity contribution in [3.05, 3.63) is 21.4 Å². The van der Waals surface area contributed by atoms with E-state index in [1.54, 1.807) is 0 Å². The van der Waals surface area contributed by atoms with E-state index < -0.39 is 11.7 Å². The number of nitrogens with one attached hydrogen (secondary N) is 1. The predicted molar refractivity (Wildman–Crippen MR) is 80.9 cm³/mol. The van der Waals surface area contributed by atoms with Gasteiger partial charge in [-0.3, -0.25) is 0 Å². The van der Waals surface area contributed by atoms with Gasteiger partial charge in [0.2, 0.25) is 0 Å². The van der Waals surface area contributed by atoms with Gasteiger partial charge in [-0.15, -0.1) is 11.3 Å². The highest BCUT2D eigenvalue weighted by Crippen LogP contribution is 2.44. The van der Waals surface area contributed by atoms with Crippen LogP contribution in [0.4, 0.5) is 4.79 Å². The summed E-state index contributed by atoms with van der Waals surface area (Å²) in [7, 11) is 1.38. The molecule has 1 aromatic rings. The summed E-state index contributed by atoms with van der Waals surface area (Å²) < 4.78 is 9.97. The largest absolute Gasteiger partial charge is 0.465 e. The summed E-state index contributed by atoms with van der Waals surface area (Å²) in [5.74, 6) is -0.0566. The van der Waals surface area contributed by atoms with Crippen LogP contribution in [0, 0.1) is 6.92 Å². The molecule has 0 unspecified atom stereocenters. The highest BCUT2D eigenvalue weighted by Gasteiger charge is 2.42. The van der Waals surface area contributed by atoms with Gasteiger partial charge in [-0.05, 0) is 45.7 Å². The summed E-state index contributed by atoms with van der Waals surface area (Å²) in [6, 6.07) is 1.95. The highest BCUT2D eigenvalue weighted by atomic mass is 32.1. The standard InChI is InChI=1S/C15H21NO4S/c1-8-9(7-12(21-8)13(17)19-5)10-6-11(10)16-14(18)20-15(2,3)4/h7,10-11H,6H2,1-5H3,(H,16,18)/t10-,11+/m1/s1. The number of hydrogen-bond acceptors (Lipinski definition) is 5. The van der Waals surface area contributed by atoms with Crippen LogP contribution in [0.15, 0.2) is 6.07 Å². The summed E-state index contributed by atoms with van der Waals surface area (Å²) in [6.45, 7) is 7.49. The number of rotatable bonds is 3. The van der Waals surface area contributed by atoms with Crippen molar-refractivity contribution in [3.8, 4) is 0 Å². The van der Waals surface area contributed by atoms with E-state index in [0.717, 1.165) is 16.9 Å². The Kier molecular flexibility index (Phi) is 4.27. The first-order valence-corrected chi connectivity index (χ1v) is 7.71. The fourth-order valence-electron chi connectivity index (χ4n) is 2.22. The molecule has 21 heavy (non-hydrogen) atoms. The zero-order valence-electron chi connectivity index (χ0n) is 13.0. The molecule has 0 bridgehead atoms. The maximum Gasteiger partial charge on any atom is 0.407 e. The molecule has 1 saturated carbocycles. The van der Waals surface area contributed by atoms with Gasteiger partial charge in [0.05, 0.1) is 7.11 Å². The molecule has 0 radical (unpaired) electrons. The van der Waals surface area contributed by atoms with Gasteiger partial charge >= 0.3 is 12.1 Å². The summed E-state index contributed by atoms with van der Waals surface area (Å²) >= 11 is 1.43. The minimum absolute atomic E-state index is 0.0821. The number of aryl methyl sites for hydroxylation is 1. The van der Waals surface area contributed by atoms with Crippen molar-refractivity contribution in [3.63, 3.8) is 0 Å². The molecule has 1 amide bonds. The molecule has 1 heterocycles. The quantitative estimate of drug-likeness (QED) is 0.871. The maximum atomic E-state index is 11.7. The number of thiophene rings is 1. The third kappa shape index (κ3) is 3.97. The second kappa shape index (κ2) is 5.67. The second-order valence-electron chi connectivity index (χ2n) is 6.21. The molecule has 0 aliphatic heterocycles. The molecule has 1 aliphatic carbocycles. The van der Waals surface area contributed by atoms with Gasteiger partial charge in [0, 0.05) is 16.8 Å². The van der Waals surface area contributed by atoms with Gasteiger partial charge in [0.25, 0.3) is 0 Å². The Balaban J connectivity index is 1.96. The van der Waals surface area contributed by atoms with E-state index in [0.29, 0.717) is 4.88 Å². The third-order valence-electron chi connectivity index (χ3n) is 3.23. The molecule has 1 aromatic heterocycles. The first-order valence-electron chi connectivity index (χ1n) is 6.89. The maximum absolute atomic E-state index is 11.7. The zero-order chi connectivity index (χ0) is 15.8.